The number of carboxylic acid groups (broad SMARTS) is 1. The molecule has 0 saturated carbocycles. The van der Waals surface area contributed by atoms with Gasteiger partial charge in [-0.2, -0.15) is 0 Å². The molecule has 0 aromatic heterocycles. The fourth-order valence-electron chi connectivity index (χ4n) is 1.93. The minimum Gasteiger partial charge on any atom is -0.484 e. The molecule has 1 N–H and O–H groups in total. The minimum absolute atomic E-state index is 0.173. The van der Waals surface area contributed by atoms with Crippen molar-refractivity contribution in [2.45, 2.75) is 33.2 Å². The Kier molecular flexibility index (Phi) is 5.13. The molecule has 1 aromatic rings. The monoisotopic (exact) mass is 279 g/mol. The molecule has 0 unspecified atom stereocenters. The number of carboxylic acids is 1. The third-order valence-corrected chi connectivity index (χ3v) is 3.17. The number of nitrogens with zero attached hydrogens (tertiary/aromatic N) is 1. The second-order valence-corrected chi connectivity index (χ2v) is 5.11. The number of benzene rings is 1. The van der Waals surface area contributed by atoms with E-state index in [4.69, 9.17) is 4.74 Å². The zero-order chi connectivity index (χ0) is 15.3. The van der Waals surface area contributed by atoms with E-state index in [1.807, 2.05) is 25.1 Å². The summed E-state index contributed by atoms with van der Waals surface area (Å²) in [6, 6.07) is 7.36. The van der Waals surface area contributed by atoms with E-state index in [9.17, 15) is 14.7 Å². The van der Waals surface area contributed by atoms with Crippen molar-refractivity contribution in [1.82, 2.24) is 4.90 Å². The van der Waals surface area contributed by atoms with Gasteiger partial charge in [0.1, 0.15) is 11.3 Å². The van der Waals surface area contributed by atoms with Gasteiger partial charge < -0.3 is 14.7 Å². The largest absolute Gasteiger partial charge is 0.484 e. The normalized spacial score (nSPS) is 11.0. The summed E-state index contributed by atoms with van der Waals surface area (Å²) in [5.74, 6) is -0.785. The molecule has 110 valence electrons. The van der Waals surface area contributed by atoms with Crippen LogP contribution in [0.2, 0.25) is 0 Å². The van der Waals surface area contributed by atoms with Crippen LogP contribution in [-0.2, 0) is 9.59 Å². The van der Waals surface area contributed by atoms with Gasteiger partial charge >= 0.3 is 5.97 Å². The predicted octanol–water partition coefficient (Wildman–Crippen LogP) is 2.09. The first-order chi connectivity index (χ1) is 9.28. The average molecular weight is 279 g/mol. The molecule has 0 radical (unpaired) electrons. The standard InChI is InChI=1S/C15H21NO4/c1-5-16(15(3,4)14(18)19)13(17)10-20-12-8-6-7-11(2)9-12/h6-9H,5,10H2,1-4H3,(H,18,19). The number of likely N-dealkylation sites (N-methyl/N-ethyl adjacent to an activating group) is 1. The topological polar surface area (TPSA) is 66.8 Å². The molecule has 0 aliphatic carbocycles. The van der Waals surface area contributed by atoms with Gasteiger partial charge in [-0.05, 0) is 45.4 Å². The Morgan fingerprint density at radius 1 is 1.35 bits per heavy atom. The Morgan fingerprint density at radius 3 is 2.50 bits per heavy atom. The van der Waals surface area contributed by atoms with Crippen LogP contribution in [0.1, 0.15) is 26.3 Å². The Labute approximate surface area is 119 Å². The van der Waals surface area contributed by atoms with E-state index < -0.39 is 11.5 Å². The van der Waals surface area contributed by atoms with Gasteiger partial charge in [-0.1, -0.05) is 12.1 Å². The van der Waals surface area contributed by atoms with Crippen molar-refractivity contribution in [1.29, 1.82) is 0 Å². The van der Waals surface area contributed by atoms with Crippen molar-refractivity contribution >= 4 is 11.9 Å². The molecule has 1 aromatic carbocycles. The fourth-order valence-corrected chi connectivity index (χ4v) is 1.93. The van der Waals surface area contributed by atoms with E-state index in [1.54, 1.807) is 13.0 Å². The third kappa shape index (κ3) is 3.73. The lowest BCUT2D eigenvalue weighted by Gasteiger charge is -2.34. The molecule has 0 heterocycles. The molecule has 5 heteroatoms. The zero-order valence-electron chi connectivity index (χ0n) is 12.3. The number of ether oxygens (including phenoxy) is 1. The Morgan fingerprint density at radius 2 is 2.00 bits per heavy atom. The van der Waals surface area contributed by atoms with E-state index >= 15 is 0 Å². The lowest BCUT2D eigenvalue weighted by Crippen LogP contribution is -2.54. The van der Waals surface area contributed by atoms with Crippen LogP contribution in [0.25, 0.3) is 0 Å². The molecule has 20 heavy (non-hydrogen) atoms. The summed E-state index contributed by atoms with van der Waals surface area (Å²) < 4.78 is 5.42. The second kappa shape index (κ2) is 6.41. The van der Waals surface area contributed by atoms with Crippen LogP contribution >= 0.6 is 0 Å². The Bertz CT molecular complexity index is 496. The zero-order valence-corrected chi connectivity index (χ0v) is 12.3. The van der Waals surface area contributed by atoms with Crippen molar-refractivity contribution in [3.8, 4) is 5.75 Å². The first kappa shape index (κ1) is 16.0. The molecule has 0 spiro atoms. The molecule has 0 fully saturated rings. The summed E-state index contributed by atoms with van der Waals surface area (Å²) in [5.41, 5.74) is -0.213. The summed E-state index contributed by atoms with van der Waals surface area (Å²) in [5, 5.41) is 9.18. The van der Waals surface area contributed by atoms with E-state index in [1.165, 1.54) is 18.7 Å². The molecular weight excluding hydrogens is 258 g/mol. The van der Waals surface area contributed by atoms with Crippen LogP contribution in [-0.4, -0.2) is 40.6 Å². The molecule has 1 rings (SSSR count). The summed E-state index contributed by atoms with van der Waals surface area (Å²) in [6.07, 6.45) is 0. The Balaban J connectivity index is 2.72. The highest BCUT2D eigenvalue weighted by molar-refractivity contribution is 5.87. The van der Waals surface area contributed by atoms with Crippen molar-refractivity contribution < 1.29 is 19.4 Å². The van der Waals surface area contributed by atoms with Gasteiger partial charge in [-0.15, -0.1) is 0 Å². The number of carbonyl (C=O) groups is 2. The minimum atomic E-state index is -1.25. The van der Waals surface area contributed by atoms with Crippen molar-refractivity contribution in [3.63, 3.8) is 0 Å². The second-order valence-electron chi connectivity index (χ2n) is 5.11. The smallest absolute Gasteiger partial charge is 0.329 e. The van der Waals surface area contributed by atoms with Gasteiger partial charge in [-0.3, -0.25) is 4.79 Å². The molecule has 0 aliphatic rings. The number of amides is 1. The van der Waals surface area contributed by atoms with Gasteiger partial charge in [0.2, 0.25) is 0 Å². The highest BCUT2D eigenvalue weighted by atomic mass is 16.5. The van der Waals surface area contributed by atoms with Crippen LogP contribution in [0, 0.1) is 6.92 Å². The van der Waals surface area contributed by atoms with E-state index in [0.29, 0.717) is 12.3 Å². The van der Waals surface area contributed by atoms with Crippen LogP contribution in [0.15, 0.2) is 24.3 Å². The molecule has 1 amide bonds. The number of aryl methyl sites for hydroxylation is 1. The van der Waals surface area contributed by atoms with Crippen LogP contribution in [0.4, 0.5) is 0 Å². The summed E-state index contributed by atoms with van der Waals surface area (Å²) in [6.45, 7) is 6.83. The molecule has 0 atom stereocenters. The summed E-state index contributed by atoms with van der Waals surface area (Å²) >= 11 is 0. The number of aliphatic carboxylic acids is 1. The fraction of sp³-hybridized carbons (Fsp3) is 0.467. The van der Waals surface area contributed by atoms with Crippen LogP contribution < -0.4 is 4.74 Å². The SMILES string of the molecule is CCN(C(=O)COc1cccc(C)c1)C(C)(C)C(=O)O. The highest BCUT2D eigenvalue weighted by Gasteiger charge is 2.36. The maximum atomic E-state index is 12.1. The van der Waals surface area contributed by atoms with Gasteiger partial charge in [0.25, 0.3) is 5.91 Å². The lowest BCUT2D eigenvalue weighted by atomic mass is 10.0. The number of rotatable bonds is 6. The number of hydrogen-bond acceptors (Lipinski definition) is 3. The molecule has 0 bridgehead atoms. The number of hydrogen-bond donors (Lipinski definition) is 1. The quantitative estimate of drug-likeness (QED) is 0.865. The van der Waals surface area contributed by atoms with Crippen LogP contribution in [0.5, 0.6) is 5.75 Å². The lowest BCUT2D eigenvalue weighted by molar-refractivity contribution is -0.157. The van der Waals surface area contributed by atoms with E-state index in [0.717, 1.165) is 5.56 Å². The maximum absolute atomic E-state index is 12.1. The molecular formula is C15H21NO4. The van der Waals surface area contributed by atoms with Crippen LogP contribution in [0.3, 0.4) is 0 Å². The summed E-state index contributed by atoms with van der Waals surface area (Å²) in [7, 11) is 0. The van der Waals surface area contributed by atoms with Crippen molar-refractivity contribution in [3.05, 3.63) is 29.8 Å². The average Bonchev–Trinajstić information content (AvgIpc) is 2.36. The molecule has 0 saturated heterocycles. The number of carbonyl (C=O) groups excluding carboxylic acids is 1. The van der Waals surface area contributed by atoms with Gasteiger partial charge in [-0.25, -0.2) is 4.79 Å². The van der Waals surface area contributed by atoms with E-state index in [2.05, 4.69) is 0 Å². The predicted molar refractivity (Wildman–Crippen MR) is 75.8 cm³/mol. The van der Waals surface area contributed by atoms with E-state index in [-0.39, 0.29) is 12.5 Å². The van der Waals surface area contributed by atoms with Crippen molar-refractivity contribution in [2.24, 2.45) is 0 Å². The van der Waals surface area contributed by atoms with Crippen molar-refractivity contribution in [2.75, 3.05) is 13.2 Å². The first-order valence-corrected chi connectivity index (χ1v) is 6.52. The third-order valence-electron chi connectivity index (χ3n) is 3.17. The van der Waals surface area contributed by atoms with Gasteiger partial charge in [0, 0.05) is 6.54 Å². The molecule has 0 aliphatic heterocycles. The molecule has 5 nitrogen and oxygen atoms in total. The highest BCUT2D eigenvalue weighted by Crippen LogP contribution is 2.16. The summed E-state index contributed by atoms with van der Waals surface area (Å²) in [4.78, 5) is 24.6. The maximum Gasteiger partial charge on any atom is 0.329 e. The van der Waals surface area contributed by atoms with Gasteiger partial charge in [0.05, 0.1) is 0 Å². The van der Waals surface area contributed by atoms with Gasteiger partial charge in [0.15, 0.2) is 6.61 Å². The Hall–Kier alpha value is -2.04. The first-order valence-electron chi connectivity index (χ1n) is 6.52.